The van der Waals surface area contributed by atoms with Crippen molar-refractivity contribution in [3.8, 4) is 11.4 Å². The Morgan fingerprint density at radius 1 is 1.18 bits per heavy atom. The summed E-state index contributed by atoms with van der Waals surface area (Å²) in [7, 11) is -1.88. The van der Waals surface area contributed by atoms with E-state index < -0.39 is 10.0 Å². The van der Waals surface area contributed by atoms with E-state index in [0.29, 0.717) is 42.7 Å². The van der Waals surface area contributed by atoms with Crippen molar-refractivity contribution in [2.75, 3.05) is 20.1 Å². The molecule has 8 nitrogen and oxygen atoms in total. The Hall–Kier alpha value is -2.75. The Kier molecular flexibility index (Phi) is 6.83. The van der Waals surface area contributed by atoms with Crippen molar-refractivity contribution in [2.24, 2.45) is 5.92 Å². The lowest BCUT2D eigenvalue weighted by atomic mass is 9.97. The molecule has 0 bridgehead atoms. The zero-order chi connectivity index (χ0) is 23.6. The number of halogens is 1. The summed E-state index contributed by atoms with van der Waals surface area (Å²) in [6.45, 7) is 2.70. The van der Waals surface area contributed by atoms with Crippen LogP contribution in [0.4, 0.5) is 0 Å². The zero-order valence-electron chi connectivity index (χ0n) is 18.4. The Bertz CT molecular complexity index is 1240. The van der Waals surface area contributed by atoms with Gasteiger partial charge in [-0.05, 0) is 44.0 Å². The van der Waals surface area contributed by atoms with Crippen LogP contribution < -0.4 is 0 Å². The van der Waals surface area contributed by atoms with Crippen molar-refractivity contribution in [2.45, 2.75) is 31.2 Å². The van der Waals surface area contributed by atoms with Crippen LogP contribution in [0.3, 0.4) is 0 Å². The number of carbonyl (C=O) groups is 1. The molecule has 174 valence electrons. The number of benzene rings is 2. The summed E-state index contributed by atoms with van der Waals surface area (Å²) in [4.78, 5) is 19.1. The molecule has 0 saturated carbocycles. The van der Waals surface area contributed by atoms with Crippen LogP contribution in [0.15, 0.2) is 57.9 Å². The first-order chi connectivity index (χ1) is 15.7. The highest BCUT2D eigenvalue weighted by molar-refractivity contribution is 7.89. The molecule has 10 heteroatoms. The minimum atomic E-state index is -3.56. The standard InChI is InChI=1S/C23H25ClN4O4S/c1-16-6-8-20(9-7-16)33(30,31)28-12-10-17(11-13-28)23(29)27(2)15-21-25-22(26-32-21)18-4-3-5-19(24)14-18/h3-9,14,17H,10-13,15H2,1-2H3. The van der Waals surface area contributed by atoms with Crippen molar-refractivity contribution < 1.29 is 17.7 Å². The van der Waals surface area contributed by atoms with E-state index >= 15 is 0 Å². The van der Waals surface area contributed by atoms with E-state index in [2.05, 4.69) is 10.1 Å². The summed E-state index contributed by atoms with van der Waals surface area (Å²) < 4.78 is 32.5. The third-order valence-corrected chi connectivity index (χ3v) is 7.91. The van der Waals surface area contributed by atoms with Gasteiger partial charge in [-0.2, -0.15) is 9.29 Å². The topological polar surface area (TPSA) is 96.6 Å². The molecule has 0 atom stereocenters. The van der Waals surface area contributed by atoms with Crippen LogP contribution in [0.5, 0.6) is 0 Å². The number of rotatable bonds is 6. The SMILES string of the molecule is Cc1ccc(S(=O)(=O)N2CCC(C(=O)N(C)Cc3nc(-c4cccc(Cl)c4)no3)CC2)cc1. The molecule has 3 aromatic rings. The molecule has 1 amide bonds. The highest BCUT2D eigenvalue weighted by atomic mass is 35.5. The molecule has 0 N–H and O–H groups in total. The molecule has 1 fully saturated rings. The van der Waals surface area contributed by atoms with Gasteiger partial charge < -0.3 is 9.42 Å². The summed E-state index contributed by atoms with van der Waals surface area (Å²) >= 11 is 6.01. The molecular weight excluding hydrogens is 464 g/mol. The van der Waals surface area contributed by atoms with E-state index in [-0.39, 0.29) is 23.3 Å². The second kappa shape index (κ2) is 9.62. The molecule has 2 aromatic carbocycles. The lowest BCUT2D eigenvalue weighted by Gasteiger charge is -2.32. The van der Waals surface area contributed by atoms with Gasteiger partial charge in [0.05, 0.1) is 11.4 Å². The third-order valence-electron chi connectivity index (χ3n) is 5.76. The number of piperidine rings is 1. The predicted octanol–water partition coefficient (Wildman–Crippen LogP) is 3.76. The van der Waals surface area contributed by atoms with Gasteiger partial charge in [0.1, 0.15) is 0 Å². The van der Waals surface area contributed by atoms with Gasteiger partial charge in [-0.25, -0.2) is 8.42 Å². The van der Waals surface area contributed by atoms with Crippen molar-refractivity contribution in [3.05, 3.63) is 65.0 Å². The predicted molar refractivity (Wildman–Crippen MR) is 124 cm³/mol. The highest BCUT2D eigenvalue weighted by Crippen LogP contribution is 2.26. The third kappa shape index (κ3) is 5.26. The molecule has 1 saturated heterocycles. The van der Waals surface area contributed by atoms with Gasteiger partial charge in [0.25, 0.3) is 0 Å². The molecule has 2 heterocycles. The summed E-state index contributed by atoms with van der Waals surface area (Å²) in [6, 6.07) is 13.9. The summed E-state index contributed by atoms with van der Waals surface area (Å²) in [6.07, 6.45) is 0.928. The number of amides is 1. The number of sulfonamides is 1. The molecular formula is C23H25ClN4O4S. The minimum Gasteiger partial charge on any atom is -0.337 e. The lowest BCUT2D eigenvalue weighted by Crippen LogP contribution is -2.43. The Morgan fingerprint density at radius 3 is 2.55 bits per heavy atom. The molecule has 1 aliphatic rings. The Balaban J connectivity index is 1.34. The molecule has 4 rings (SSSR count). The van der Waals surface area contributed by atoms with E-state index in [0.717, 1.165) is 11.1 Å². The van der Waals surface area contributed by atoms with Crippen molar-refractivity contribution in [3.63, 3.8) is 0 Å². The van der Waals surface area contributed by atoms with Crippen LogP contribution in [0.1, 0.15) is 24.3 Å². The molecule has 1 aromatic heterocycles. The fraction of sp³-hybridized carbons (Fsp3) is 0.348. The fourth-order valence-corrected chi connectivity index (χ4v) is 5.52. The number of aryl methyl sites for hydroxylation is 1. The first-order valence-electron chi connectivity index (χ1n) is 10.6. The number of hydrogen-bond acceptors (Lipinski definition) is 6. The maximum Gasteiger partial charge on any atom is 0.246 e. The smallest absolute Gasteiger partial charge is 0.246 e. The Labute approximate surface area is 198 Å². The normalized spacial score (nSPS) is 15.5. The second-order valence-corrected chi connectivity index (χ2v) is 10.6. The highest BCUT2D eigenvalue weighted by Gasteiger charge is 2.33. The van der Waals surface area contributed by atoms with Crippen molar-refractivity contribution in [1.82, 2.24) is 19.3 Å². The van der Waals surface area contributed by atoms with Gasteiger partial charge in [0, 0.05) is 36.6 Å². The zero-order valence-corrected chi connectivity index (χ0v) is 20.0. The van der Waals surface area contributed by atoms with Crippen LogP contribution >= 0.6 is 11.6 Å². The van der Waals surface area contributed by atoms with Crippen LogP contribution in [0.25, 0.3) is 11.4 Å². The quantitative estimate of drug-likeness (QED) is 0.524. The van der Waals surface area contributed by atoms with Crippen LogP contribution in [-0.2, 0) is 21.4 Å². The van der Waals surface area contributed by atoms with Crippen molar-refractivity contribution in [1.29, 1.82) is 0 Å². The molecule has 0 radical (unpaired) electrons. The second-order valence-electron chi connectivity index (χ2n) is 8.21. The van der Waals surface area contributed by atoms with E-state index in [1.807, 2.05) is 13.0 Å². The minimum absolute atomic E-state index is 0.0649. The van der Waals surface area contributed by atoms with Crippen LogP contribution in [0.2, 0.25) is 5.02 Å². The maximum absolute atomic E-state index is 12.9. The summed E-state index contributed by atoms with van der Waals surface area (Å²) in [5.74, 6) is 0.405. The summed E-state index contributed by atoms with van der Waals surface area (Å²) in [5, 5.41) is 4.54. The molecule has 0 spiro atoms. The monoisotopic (exact) mass is 488 g/mol. The number of carbonyl (C=O) groups excluding carboxylic acids is 1. The molecule has 0 unspecified atom stereocenters. The van der Waals surface area contributed by atoms with E-state index in [1.165, 1.54) is 4.31 Å². The molecule has 33 heavy (non-hydrogen) atoms. The first kappa shape index (κ1) is 23.4. The number of aromatic nitrogens is 2. The average molecular weight is 489 g/mol. The van der Waals surface area contributed by atoms with Gasteiger partial charge in [-0.1, -0.05) is 46.6 Å². The lowest BCUT2D eigenvalue weighted by molar-refractivity contribution is -0.136. The summed E-state index contributed by atoms with van der Waals surface area (Å²) in [5.41, 5.74) is 1.73. The maximum atomic E-state index is 12.9. The number of hydrogen-bond donors (Lipinski definition) is 0. The molecule has 1 aliphatic heterocycles. The van der Waals surface area contributed by atoms with E-state index in [4.69, 9.17) is 16.1 Å². The number of nitrogens with zero attached hydrogens (tertiary/aromatic N) is 4. The fourth-order valence-electron chi connectivity index (χ4n) is 3.86. The van der Waals surface area contributed by atoms with E-state index in [1.54, 1.807) is 54.4 Å². The first-order valence-corrected chi connectivity index (χ1v) is 12.5. The van der Waals surface area contributed by atoms with Gasteiger partial charge in [-0.15, -0.1) is 0 Å². The van der Waals surface area contributed by atoms with Crippen LogP contribution in [0, 0.1) is 12.8 Å². The largest absolute Gasteiger partial charge is 0.337 e. The van der Waals surface area contributed by atoms with Gasteiger partial charge in [-0.3, -0.25) is 4.79 Å². The van der Waals surface area contributed by atoms with Gasteiger partial charge in [0.15, 0.2) is 0 Å². The van der Waals surface area contributed by atoms with E-state index in [9.17, 15) is 13.2 Å². The Morgan fingerprint density at radius 2 is 1.88 bits per heavy atom. The average Bonchev–Trinajstić information content (AvgIpc) is 3.27. The van der Waals surface area contributed by atoms with Crippen LogP contribution in [-0.4, -0.2) is 53.8 Å². The molecule has 0 aliphatic carbocycles. The van der Waals surface area contributed by atoms with Gasteiger partial charge in [0.2, 0.25) is 27.6 Å². The van der Waals surface area contributed by atoms with Gasteiger partial charge >= 0.3 is 0 Å². The van der Waals surface area contributed by atoms with Crippen molar-refractivity contribution >= 4 is 27.5 Å².